The molecule has 10 heteroatoms. The van der Waals surface area contributed by atoms with Crippen LogP contribution in [0.25, 0.3) is 11.1 Å². The molecule has 0 radical (unpaired) electrons. The van der Waals surface area contributed by atoms with E-state index in [1.54, 1.807) is 30.3 Å². The van der Waals surface area contributed by atoms with Crippen molar-refractivity contribution in [3.8, 4) is 17.0 Å². The molecule has 2 amide bonds. The predicted molar refractivity (Wildman–Crippen MR) is 152 cm³/mol. The van der Waals surface area contributed by atoms with Crippen LogP contribution < -0.4 is 15.5 Å². The molecular weight excluding hydrogens is 521 g/mol. The number of amides is 2. The second-order valence-electron chi connectivity index (χ2n) is 9.80. The number of ether oxygens (including phenoxy) is 1. The number of benzene rings is 1. The smallest absolute Gasteiger partial charge is 0.322 e. The number of carbonyl (C=O) groups excluding carboxylic acids is 2. The third kappa shape index (κ3) is 6.41. The topological polar surface area (TPSA) is 95.9 Å². The van der Waals surface area contributed by atoms with E-state index >= 15 is 4.39 Å². The molecule has 4 rings (SSSR count). The summed E-state index contributed by atoms with van der Waals surface area (Å²) in [5.74, 6) is -0.0752. The van der Waals surface area contributed by atoms with Crippen molar-refractivity contribution in [1.29, 1.82) is 0 Å². The van der Waals surface area contributed by atoms with Gasteiger partial charge in [0.05, 0.1) is 22.5 Å². The molecule has 0 bridgehead atoms. The van der Waals surface area contributed by atoms with Gasteiger partial charge in [0.25, 0.3) is 0 Å². The SMILES string of the molecule is CCC1CC(=C/C=O)/C(=N\NC)C(CC)N1C(=O)Nc1cc(Cl)c(-c2ccc(OC3CCCC3)nc2)cc1F. The van der Waals surface area contributed by atoms with Gasteiger partial charge in [-0.05, 0) is 74.8 Å². The van der Waals surface area contributed by atoms with Crippen LogP contribution in [0.15, 0.2) is 47.2 Å². The molecule has 0 spiro atoms. The fraction of sp³-hybridized carbons (Fsp3) is 0.448. The highest BCUT2D eigenvalue weighted by Gasteiger charge is 2.39. The highest BCUT2D eigenvalue weighted by molar-refractivity contribution is 6.33. The summed E-state index contributed by atoms with van der Waals surface area (Å²) < 4.78 is 21.2. The molecule has 1 aromatic carbocycles. The molecule has 1 aliphatic heterocycles. The van der Waals surface area contributed by atoms with Gasteiger partial charge in [-0.15, -0.1) is 0 Å². The summed E-state index contributed by atoms with van der Waals surface area (Å²) in [5.41, 5.74) is 5.27. The molecule has 8 nitrogen and oxygen atoms in total. The summed E-state index contributed by atoms with van der Waals surface area (Å²) in [6.45, 7) is 3.91. The van der Waals surface area contributed by atoms with Crippen molar-refractivity contribution < 1.29 is 18.7 Å². The zero-order valence-corrected chi connectivity index (χ0v) is 23.3. The van der Waals surface area contributed by atoms with E-state index in [0.29, 0.717) is 42.0 Å². The monoisotopic (exact) mass is 555 g/mol. The van der Waals surface area contributed by atoms with E-state index in [0.717, 1.165) is 24.7 Å². The van der Waals surface area contributed by atoms with Gasteiger partial charge in [0.1, 0.15) is 18.2 Å². The fourth-order valence-electron chi connectivity index (χ4n) is 5.43. The lowest BCUT2D eigenvalue weighted by Crippen LogP contribution is -2.56. The molecule has 1 aliphatic carbocycles. The zero-order valence-electron chi connectivity index (χ0n) is 22.5. The average Bonchev–Trinajstić information content (AvgIpc) is 3.44. The zero-order chi connectivity index (χ0) is 27.9. The minimum atomic E-state index is -0.613. The number of urea groups is 1. The molecule has 2 unspecified atom stereocenters. The second kappa shape index (κ2) is 13.1. The van der Waals surface area contributed by atoms with Crippen LogP contribution in [0.3, 0.4) is 0 Å². The summed E-state index contributed by atoms with van der Waals surface area (Å²) in [7, 11) is 1.67. The third-order valence-corrected chi connectivity index (χ3v) is 7.67. The fourth-order valence-corrected chi connectivity index (χ4v) is 5.70. The van der Waals surface area contributed by atoms with Crippen molar-refractivity contribution >= 4 is 35.3 Å². The molecule has 2 heterocycles. The Labute approximate surface area is 233 Å². The van der Waals surface area contributed by atoms with Gasteiger partial charge in [0, 0.05) is 36.5 Å². The number of hydrogen-bond acceptors (Lipinski definition) is 6. The number of anilines is 1. The molecule has 2 fully saturated rings. The first kappa shape index (κ1) is 28.5. The highest BCUT2D eigenvalue weighted by Crippen LogP contribution is 2.35. The van der Waals surface area contributed by atoms with Crippen LogP contribution in [0.1, 0.15) is 58.8 Å². The van der Waals surface area contributed by atoms with Gasteiger partial charge in [-0.1, -0.05) is 25.4 Å². The summed E-state index contributed by atoms with van der Waals surface area (Å²) in [6, 6.07) is 5.24. The van der Waals surface area contributed by atoms with Crippen molar-refractivity contribution in [2.45, 2.75) is 77.0 Å². The highest BCUT2D eigenvalue weighted by atomic mass is 35.5. The molecule has 2 aromatic rings. The number of hydrazone groups is 1. The first-order valence-electron chi connectivity index (χ1n) is 13.5. The Bertz CT molecular complexity index is 1240. The number of hydrogen-bond donors (Lipinski definition) is 2. The number of halogens is 2. The largest absolute Gasteiger partial charge is 0.474 e. The molecule has 1 saturated heterocycles. The van der Waals surface area contributed by atoms with Gasteiger partial charge >= 0.3 is 6.03 Å². The van der Waals surface area contributed by atoms with Crippen LogP contribution in [-0.4, -0.2) is 53.1 Å². The Morgan fingerprint density at radius 3 is 2.64 bits per heavy atom. The lowest BCUT2D eigenvalue weighted by atomic mass is 9.86. The number of aldehydes is 1. The quantitative estimate of drug-likeness (QED) is 0.224. The van der Waals surface area contributed by atoms with Gasteiger partial charge in [0.2, 0.25) is 5.88 Å². The standard InChI is InChI=1S/C29H35ClFN5O3/c1-4-20-14-18(12-13-37)28(35-32-3)26(5-2)36(20)29(38)34-25-16-23(30)22(15-24(25)31)19-10-11-27(33-17-19)39-21-8-6-7-9-21/h10-13,15-17,20-21,26,32H,4-9,14H2,1-3H3,(H,34,38)/b18-12-,35-28+. The van der Waals surface area contributed by atoms with E-state index in [4.69, 9.17) is 16.3 Å². The lowest BCUT2D eigenvalue weighted by molar-refractivity contribution is -0.104. The maximum Gasteiger partial charge on any atom is 0.322 e. The first-order chi connectivity index (χ1) is 18.9. The number of nitrogens with zero attached hydrogens (tertiary/aromatic N) is 3. The van der Waals surface area contributed by atoms with Crippen LogP contribution in [-0.2, 0) is 4.79 Å². The second-order valence-corrected chi connectivity index (χ2v) is 10.2. The Hall–Kier alpha value is -3.46. The van der Waals surface area contributed by atoms with E-state index in [-0.39, 0.29) is 22.9 Å². The minimum absolute atomic E-state index is 0.0195. The first-order valence-corrected chi connectivity index (χ1v) is 13.9. The molecule has 1 aromatic heterocycles. The normalized spacial score (nSPS) is 21.8. The maximum atomic E-state index is 15.3. The van der Waals surface area contributed by atoms with Crippen LogP contribution in [0, 0.1) is 5.82 Å². The average molecular weight is 556 g/mol. The van der Waals surface area contributed by atoms with Crippen LogP contribution in [0.4, 0.5) is 14.9 Å². The molecule has 2 aliphatic rings. The number of rotatable bonds is 8. The number of carbonyl (C=O) groups is 2. The number of pyridine rings is 1. The summed E-state index contributed by atoms with van der Waals surface area (Å²) in [5, 5.41) is 7.36. The van der Waals surface area contributed by atoms with Gasteiger partial charge in [-0.2, -0.15) is 5.10 Å². The van der Waals surface area contributed by atoms with Gasteiger partial charge < -0.3 is 20.4 Å². The Morgan fingerprint density at radius 2 is 2.03 bits per heavy atom. The van der Waals surface area contributed by atoms with Crippen molar-refractivity contribution in [2.24, 2.45) is 5.10 Å². The van der Waals surface area contributed by atoms with E-state index in [1.165, 1.54) is 31.1 Å². The lowest BCUT2D eigenvalue weighted by Gasteiger charge is -2.43. The number of nitrogens with one attached hydrogen (secondary N) is 2. The molecule has 208 valence electrons. The third-order valence-electron chi connectivity index (χ3n) is 7.36. The van der Waals surface area contributed by atoms with Crippen molar-refractivity contribution in [3.05, 3.63) is 53.0 Å². The van der Waals surface area contributed by atoms with Crippen molar-refractivity contribution in [3.63, 3.8) is 0 Å². The molecule has 1 saturated carbocycles. The molecular formula is C29H35ClFN5O3. The Balaban J connectivity index is 1.55. The van der Waals surface area contributed by atoms with Crippen LogP contribution in [0.2, 0.25) is 5.02 Å². The molecule has 2 atom stereocenters. The van der Waals surface area contributed by atoms with E-state index < -0.39 is 17.9 Å². The van der Waals surface area contributed by atoms with Gasteiger partial charge in [-0.25, -0.2) is 14.2 Å². The van der Waals surface area contributed by atoms with Crippen molar-refractivity contribution in [2.75, 3.05) is 12.4 Å². The Kier molecular flexibility index (Phi) is 9.56. The van der Waals surface area contributed by atoms with Crippen LogP contribution in [0.5, 0.6) is 5.88 Å². The van der Waals surface area contributed by atoms with Crippen LogP contribution >= 0.6 is 11.6 Å². The summed E-state index contributed by atoms with van der Waals surface area (Å²) >= 11 is 6.55. The van der Waals surface area contributed by atoms with Gasteiger partial charge in [-0.3, -0.25) is 4.79 Å². The summed E-state index contributed by atoms with van der Waals surface area (Å²) in [4.78, 5) is 30.8. The van der Waals surface area contributed by atoms with Gasteiger partial charge in [0.15, 0.2) is 0 Å². The van der Waals surface area contributed by atoms with E-state index in [1.807, 2.05) is 13.8 Å². The number of likely N-dealkylation sites (tertiary alicyclic amines) is 1. The number of aromatic nitrogens is 1. The number of allylic oxidation sites excluding steroid dienone is 1. The Morgan fingerprint density at radius 1 is 1.26 bits per heavy atom. The summed E-state index contributed by atoms with van der Waals surface area (Å²) in [6.07, 6.45) is 10.1. The minimum Gasteiger partial charge on any atom is -0.474 e. The van der Waals surface area contributed by atoms with E-state index in [9.17, 15) is 9.59 Å². The number of piperidine rings is 1. The van der Waals surface area contributed by atoms with Crippen molar-refractivity contribution in [1.82, 2.24) is 15.3 Å². The van der Waals surface area contributed by atoms with E-state index in [2.05, 4.69) is 20.8 Å². The predicted octanol–water partition coefficient (Wildman–Crippen LogP) is 6.36. The molecule has 39 heavy (non-hydrogen) atoms. The molecule has 2 N–H and O–H groups in total. The maximum absolute atomic E-state index is 15.3.